The summed E-state index contributed by atoms with van der Waals surface area (Å²) < 4.78 is 0. The smallest absolute Gasteiger partial charge is 0.238 e. The number of hydrogen-bond donors (Lipinski definition) is 1. The number of aryl methyl sites for hydroxylation is 1. The van der Waals surface area contributed by atoms with Crippen LogP contribution in [0.5, 0.6) is 0 Å². The van der Waals surface area contributed by atoms with Gasteiger partial charge in [-0.1, -0.05) is 30.7 Å². The van der Waals surface area contributed by atoms with Crippen LogP contribution in [0.15, 0.2) is 42.5 Å². The summed E-state index contributed by atoms with van der Waals surface area (Å²) in [5, 5.41) is 3.64. The van der Waals surface area contributed by atoms with Gasteiger partial charge in [-0.15, -0.1) is 0 Å². The summed E-state index contributed by atoms with van der Waals surface area (Å²) in [5.74, 6) is -0.0165. The van der Waals surface area contributed by atoms with E-state index in [2.05, 4.69) is 46.3 Å². The molecule has 0 saturated heterocycles. The molecular formula is C20H26ClN3O. The zero-order valence-electron chi connectivity index (χ0n) is 15.3. The molecule has 2 aromatic rings. The van der Waals surface area contributed by atoms with Crippen LogP contribution >= 0.6 is 11.6 Å². The minimum atomic E-state index is -0.0165. The largest absolute Gasteiger partial charge is 0.378 e. The maximum atomic E-state index is 12.4. The fraction of sp³-hybridized carbons (Fsp3) is 0.350. The van der Waals surface area contributed by atoms with Crippen LogP contribution in [0.25, 0.3) is 0 Å². The monoisotopic (exact) mass is 359 g/mol. The predicted molar refractivity (Wildman–Crippen MR) is 107 cm³/mol. The molecule has 2 rings (SSSR count). The number of carbonyl (C=O) groups excluding carboxylic acids is 1. The predicted octanol–water partition coefficient (Wildman–Crippen LogP) is 4.18. The number of hydrogen-bond acceptors (Lipinski definition) is 3. The van der Waals surface area contributed by atoms with E-state index in [0.29, 0.717) is 11.6 Å². The van der Waals surface area contributed by atoms with E-state index < -0.39 is 0 Å². The van der Waals surface area contributed by atoms with Crippen molar-refractivity contribution in [2.45, 2.75) is 20.4 Å². The highest BCUT2D eigenvalue weighted by molar-refractivity contribution is 6.30. The Hall–Kier alpha value is -2.04. The van der Waals surface area contributed by atoms with Crippen molar-refractivity contribution in [3.8, 4) is 0 Å². The molecule has 1 N–H and O–H groups in total. The lowest BCUT2D eigenvalue weighted by Crippen LogP contribution is -2.32. The maximum absolute atomic E-state index is 12.4. The van der Waals surface area contributed by atoms with E-state index in [4.69, 9.17) is 11.6 Å². The van der Waals surface area contributed by atoms with Crippen LogP contribution in [0, 0.1) is 6.92 Å². The van der Waals surface area contributed by atoms with Gasteiger partial charge < -0.3 is 10.2 Å². The van der Waals surface area contributed by atoms with E-state index in [0.717, 1.165) is 24.3 Å². The van der Waals surface area contributed by atoms with Gasteiger partial charge in [-0.2, -0.15) is 0 Å². The summed E-state index contributed by atoms with van der Waals surface area (Å²) >= 11 is 5.96. The van der Waals surface area contributed by atoms with Gasteiger partial charge in [0.2, 0.25) is 5.91 Å². The zero-order chi connectivity index (χ0) is 18.4. The molecule has 0 spiro atoms. The number of nitrogens with zero attached hydrogens (tertiary/aromatic N) is 2. The SMILES string of the molecule is CCN(CC(=O)Nc1ccc(Cl)cc1C)Cc1ccc(N(C)C)cc1. The number of carbonyl (C=O) groups is 1. The van der Waals surface area contributed by atoms with Crippen molar-refractivity contribution in [3.63, 3.8) is 0 Å². The van der Waals surface area contributed by atoms with Crippen molar-refractivity contribution in [2.24, 2.45) is 0 Å². The zero-order valence-corrected chi connectivity index (χ0v) is 16.1. The van der Waals surface area contributed by atoms with Crippen LogP contribution in [0.3, 0.4) is 0 Å². The molecule has 0 fully saturated rings. The van der Waals surface area contributed by atoms with Crippen LogP contribution in [0.4, 0.5) is 11.4 Å². The summed E-state index contributed by atoms with van der Waals surface area (Å²) in [6.07, 6.45) is 0. The molecule has 134 valence electrons. The molecule has 1 amide bonds. The van der Waals surface area contributed by atoms with Gasteiger partial charge >= 0.3 is 0 Å². The molecule has 2 aromatic carbocycles. The summed E-state index contributed by atoms with van der Waals surface area (Å²) in [4.78, 5) is 16.5. The molecule has 0 aromatic heterocycles. The Bertz CT molecular complexity index is 713. The number of amides is 1. The topological polar surface area (TPSA) is 35.6 Å². The number of nitrogens with one attached hydrogen (secondary N) is 1. The quantitative estimate of drug-likeness (QED) is 0.805. The molecule has 0 heterocycles. The normalized spacial score (nSPS) is 10.8. The first-order chi connectivity index (χ1) is 11.9. The van der Waals surface area contributed by atoms with Crippen molar-refractivity contribution in [3.05, 3.63) is 58.6 Å². The van der Waals surface area contributed by atoms with E-state index in [-0.39, 0.29) is 5.91 Å². The summed E-state index contributed by atoms with van der Waals surface area (Å²) in [6, 6.07) is 13.9. The Morgan fingerprint density at radius 3 is 2.36 bits per heavy atom. The fourth-order valence-corrected chi connectivity index (χ4v) is 2.82. The minimum Gasteiger partial charge on any atom is -0.378 e. The number of halogens is 1. The Morgan fingerprint density at radius 1 is 1.12 bits per heavy atom. The van der Waals surface area contributed by atoms with Gasteiger partial charge in [0.25, 0.3) is 0 Å². The van der Waals surface area contributed by atoms with E-state index >= 15 is 0 Å². The highest BCUT2D eigenvalue weighted by Crippen LogP contribution is 2.19. The average molecular weight is 360 g/mol. The van der Waals surface area contributed by atoms with Crippen molar-refractivity contribution in [1.82, 2.24) is 4.90 Å². The molecule has 0 atom stereocenters. The van der Waals surface area contributed by atoms with Crippen LogP contribution in [-0.4, -0.2) is 38.0 Å². The lowest BCUT2D eigenvalue weighted by Gasteiger charge is -2.21. The average Bonchev–Trinajstić information content (AvgIpc) is 2.57. The summed E-state index contributed by atoms with van der Waals surface area (Å²) in [6.45, 7) is 5.91. The highest BCUT2D eigenvalue weighted by Gasteiger charge is 2.11. The Balaban J connectivity index is 1.95. The molecule has 0 saturated carbocycles. The van der Waals surface area contributed by atoms with Gasteiger partial charge in [-0.3, -0.25) is 9.69 Å². The van der Waals surface area contributed by atoms with Gasteiger partial charge in [0.05, 0.1) is 6.54 Å². The van der Waals surface area contributed by atoms with Gasteiger partial charge in [0.15, 0.2) is 0 Å². The Kier molecular flexibility index (Phi) is 6.85. The van der Waals surface area contributed by atoms with Crippen molar-refractivity contribution in [2.75, 3.05) is 37.4 Å². The fourth-order valence-electron chi connectivity index (χ4n) is 2.60. The van der Waals surface area contributed by atoms with Gasteiger partial charge in [-0.25, -0.2) is 0 Å². The molecule has 5 heteroatoms. The summed E-state index contributed by atoms with van der Waals surface area (Å²) in [5.41, 5.74) is 4.13. The highest BCUT2D eigenvalue weighted by atomic mass is 35.5. The lowest BCUT2D eigenvalue weighted by atomic mass is 10.2. The third-order valence-electron chi connectivity index (χ3n) is 4.14. The van der Waals surface area contributed by atoms with Gasteiger partial charge in [0, 0.05) is 37.0 Å². The molecular weight excluding hydrogens is 334 g/mol. The minimum absolute atomic E-state index is 0.0165. The van der Waals surface area contributed by atoms with Crippen LogP contribution in [-0.2, 0) is 11.3 Å². The standard InChI is InChI=1S/C20H26ClN3O/c1-5-24(13-16-6-9-18(10-7-16)23(3)4)14-20(25)22-19-11-8-17(21)12-15(19)2/h6-12H,5,13-14H2,1-4H3,(H,22,25). The Labute approximate surface area is 155 Å². The van der Waals surface area contributed by atoms with E-state index in [1.165, 1.54) is 11.3 Å². The molecule has 0 aliphatic rings. The molecule has 0 unspecified atom stereocenters. The van der Waals surface area contributed by atoms with Crippen LogP contribution in [0.1, 0.15) is 18.1 Å². The second-order valence-corrected chi connectivity index (χ2v) is 6.81. The third kappa shape index (κ3) is 5.76. The molecule has 0 aliphatic carbocycles. The van der Waals surface area contributed by atoms with Crippen molar-refractivity contribution >= 4 is 28.9 Å². The third-order valence-corrected chi connectivity index (χ3v) is 4.37. The van der Waals surface area contributed by atoms with E-state index in [9.17, 15) is 4.79 Å². The van der Waals surface area contributed by atoms with Crippen LogP contribution < -0.4 is 10.2 Å². The molecule has 0 aliphatic heterocycles. The van der Waals surface area contributed by atoms with Crippen LogP contribution in [0.2, 0.25) is 5.02 Å². The second-order valence-electron chi connectivity index (χ2n) is 6.37. The number of benzene rings is 2. The first kappa shape index (κ1) is 19.3. The number of rotatable bonds is 7. The Morgan fingerprint density at radius 2 is 1.80 bits per heavy atom. The van der Waals surface area contributed by atoms with Crippen molar-refractivity contribution in [1.29, 1.82) is 0 Å². The van der Waals surface area contributed by atoms with E-state index in [1.54, 1.807) is 6.07 Å². The molecule has 0 radical (unpaired) electrons. The number of likely N-dealkylation sites (N-methyl/N-ethyl adjacent to an activating group) is 1. The van der Waals surface area contributed by atoms with E-state index in [1.807, 2.05) is 33.2 Å². The first-order valence-corrected chi connectivity index (χ1v) is 8.81. The summed E-state index contributed by atoms with van der Waals surface area (Å²) in [7, 11) is 4.05. The molecule has 0 bridgehead atoms. The molecule has 4 nitrogen and oxygen atoms in total. The van der Waals surface area contributed by atoms with Crippen molar-refractivity contribution < 1.29 is 4.79 Å². The van der Waals surface area contributed by atoms with Gasteiger partial charge in [0.1, 0.15) is 0 Å². The second kappa shape index (κ2) is 8.88. The maximum Gasteiger partial charge on any atom is 0.238 e. The van der Waals surface area contributed by atoms with Gasteiger partial charge in [-0.05, 0) is 54.9 Å². The first-order valence-electron chi connectivity index (χ1n) is 8.43. The molecule has 25 heavy (non-hydrogen) atoms. The number of anilines is 2. The lowest BCUT2D eigenvalue weighted by molar-refractivity contribution is -0.117.